The van der Waals surface area contributed by atoms with Crippen molar-refractivity contribution in [2.45, 2.75) is 32.6 Å². The van der Waals surface area contributed by atoms with Crippen LogP contribution in [0.2, 0.25) is 0 Å². The van der Waals surface area contributed by atoms with Crippen molar-refractivity contribution >= 4 is 35.6 Å². The summed E-state index contributed by atoms with van der Waals surface area (Å²) in [5.41, 5.74) is 1.20. The monoisotopic (exact) mass is 530 g/mol. The van der Waals surface area contributed by atoms with Crippen LogP contribution < -0.4 is 15.0 Å². The van der Waals surface area contributed by atoms with E-state index in [1.54, 1.807) is 7.11 Å². The van der Waals surface area contributed by atoms with Crippen LogP contribution in [-0.2, 0) is 4.74 Å². The van der Waals surface area contributed by atoms with Crippen LogP contribution in [0.5, 0.6) is 5.75 Å². The topological polar surface area (TPSA) is 49.3 Å². The number of rotatable bonds is 8. The Morgan fingerprint density at radius 2 is 2.00 bits per heavy atom. The van der Waals surface area contributed by atoms with Crippen molar-refractivity contribution in [3.05, 3.63) is 24.3 Å². The van der Waals surface area contributed by atoms with Crippen molar-refractivity contribution in [2.24, 2.45) is 16.8 Å². The molecule has 0 bridgehead atoms. The molecule has 2 aliphatic heterocycles. The molecule has 7 heteroatoms. The molecule has 1 aromatic rings. The zero-order chi connectivity index (χ0) is 20.5. The zero-order valence-electron chi connectivity index (χ0n) is 18.8. The first kappa shape index (κ1) is 25.0. The van der Waals surface area contributed by atoms with E-state index in [0.29, 0.717) is 5.92 Å². The van der Waals surface area contributed by atoms with Crippen molar-refractivity contribution in [2.75, 3.05) is 65.0 Å². The maximum Gasteiger partial charge on any atom is 0.193 e. The molecule has 1 N–H and O–H groups in total. The Balaban J connectivity index is 0.00000320. The largest absolute Gasteiger partial charge is 0.495 e. The molecule has 0 radical (unpaired) electrons. The fourth-order valence-corrected chi connectivity index (χ4v) is 4.29. The van der Waals surface area contributed by atoms with Crippen molar-refractivity contribution in [1.29, 1.82) is 0 Å². The predicted molar refractivity (Wildman–Crippen MR) is 135 cm³/mol. The zero-order valence-corrected chi connectivity index (χ0v) is 21.1. The molecular weight excluding hydrogens is 491 g/mol. The van der Waals surface area contributed by atoms with Gasteiger partial charge in [0.1, 0.15) is 5.75 Å². The van der Waals surface area contributed by atoms with Crippen molar-refractivity contribution in [3.63, 3.8) is 0 Å². The van der Waals surface area contributed by atoms with Crippen LogP contribution in [0.4, 0.5) is 5.69 Å². The van der Waals surface area contributed by atoms with Crippen LogP contribution in [0, 0.1) is 11.8 Å². The molecule has 0 saturated carbocycles. The molecule has 2 heterocycles. The molecule has 2 saturated heterocycles. The van der Waals surface area contributed by atoms with E-state index in [9.17, 15) is 0 Å². The van der Waals surface area contributed by atoms with Gasteiger partial charge in [-0.2, -0.15) is 0 Å². The van der Waals surface area contributed by atoms with E-state index in [-0.39, 0.29) is 24.0 Å². The summed E-state index contributed by atoms with van der Waals surface area (Å²) < 4.78 is 11.0. The minimum atomic E-state index is 0. The summed E-state index contributed by atoms with van der Waals surface area (Å²) >= 11 is 0. The fourth-order valence-electron chi connectivity index (χ4n) is 4.29. The molecule has 0 aromatic heterocycles. The van der Waals surface area contributed by atoms with Gasteiger partial charge in [-0.3, -0.25) is 4.99 Å². The van der Waals surface area contributed by atoms with E-state index in [0.717, 1.165) is 63.6 Å². The van der Waals surface area contributed by atoms with Gasteiger partial charge in [-0.05, 0) is 56.6 Å². The molecule has 170 valence electrons. The highest BCUT2D eigenvalue weighted by Crippen LogP contribution is 2.32. The lowest BCUT2D eigenvalue weighted by Gasteiger charge is -2.27. The number of halogens is 1. The first-order valence-electron chi connectivity index (χ1n) is 11.2. The van der Waals surface area contributed by atoms with Gasteiger partial charge >= 0.3 is 0 Å². The molecule has 2 fully saturated rings. The average Bonchev–Trinajstić information content (AvgIpc) is 3.24. The van der Waals surface area contributed by atoms with Crippen LogP contribution in [0.1, 0.15) is 32.6 Å². The lowest BCUT2D eigenvalue weighted by molar-refractivity contribution is 0.0625. The van der Waals surface area contributed by atoms with E-state index < -0.39 is 0 Å². The fraction of sp³-hybridized carbons (Fsp3) is 0.696. The molecule has 1 unspecified atom stereocenters. The van der Waals surface area contributed by atoms with Crippen molar-refractivity contribution < 1.29 is 9.47 Å². The number of para-hydroxylation sites is 2. The lowest BCUT2D eigenvalue weighted by atomic mass is 9.96. The number of nitrogens with zero attached hydrogens (tertiary/aromatic N) is 3. The summed E-state index contributed by atoms with van der Waals surface area (Å²) in [4.78, 5) is 9.71. The first-order valence-corrected chi connectivity index (χ1v) is 11.2. The second kappa shape index (κ2) is 13.2. The van der Waals surface area contributed by atoms with Gasteiger partial charge in [-0.25, -0.2) is 0 Å². The van der Waals surface area contributed by atoms with Crippen LogP contribution in [0.15, 0.2) is 29.3 Å². The highest BCUT2D eigenvalue weighted by molar-refractivity contribution is 14.0. The molecule has 1 atom stereocenters. The summed E-state index contributed by atoms with van der Waals surface area (Å²) in [6.07, 6.45) is 4.78. The van der Waals surface area contributed by atoms with Crippen molar-refractivity contribution in [3.8, 4) is 5.75 Å². The summed E-state index contributed by atoms with van der Waals surface area (Å²) in [5.74, 6) is 3.36. The van der Waals surface area contributed by atoms with Crippen LogP contribution in [0.3, 0.4) is 0 Å². The van der Waals surface area contributed by atoms with E-state index in [1.165, 1.54) is 31.4 Å². The van der Waals surface area contributed by atoms with Gasteiger partial charge in [0.05, 0.1) is 12.8 Å². The van der Waals surface area contributed by atoms with Gasteiger partial charge < -0.3 is 24.6 Å². The highest BCUT2D eigenvalue weighted by atomic mass is 127. The molecular formula is C23H39IN4O2. The number of methoxy groups -OCH3 is 1. The number of anilines is 1. The van der Waals surface area contributed by atoms with Gasteiger partial charge in [-0.15, -0.1) is 24.0 Å². The predicted octanol–water partition coefficient (Wildman–Crippen LogP) is 3.85. The molecule has 2 aliphatic rings. The van der Waals surface area contributed by atoms with E-state index in [2.05, 4.69) is 41.2 Å². The Bertz CT molecular complexity index is 652. The molecule has 0 aliphatic carbocycles. The SMILES string of the molecule is CCNC(=NCC1CCN(c2ccccc2OC)C1)N(C)CCC1CCOCC1.I. The number of ether oxygens (including phenoxy) is 2. The standard InChI is InChI=1S/C23H38N4O2.HI/c1-4-24-23(26(2)13-9-19-11-15-29-16-12-19)25-17-20-10-14-27(18-20)21-7-5-6-8-22(21)28-3;/h5-8,19-20H,4,9-18H2,1-3H3,(H,24,25);1H. The number of hydrogen-bond donors (Lipinski definition) is 1. The number of guanidine groups is 1. The van der Waals surface area contributed by atoms with Crippen molar-refractivity contribution in [1.82, 2.24) is 10.2 Å². The molecule has 1 aromatic carbocycles. The van der Waals surface area contributed by atoms with Crippen LogP contribution in [-0.4, -0.2) is 71.0 Å². The number of nitrogens with one attached hydrogen (secondary N) is 1. The maximum atomic E-state index is 5.54. The maximum absolute atomic E-state index is 5.54. The van der Waals surface area contributed by atoms with E-state index >= 15 is 0 Å². The highest BCUT2D eigenvalue weighted by Gasteiger charge is 2.24. The molecule has 3 rings (SSSR count). The van der Waals surface area contributed by atoms with Crippen LogP contribution >= 0.6 is 24.0 Å². The summed E-state index contributed by atoms with van der Waals surface area (Å²) in [6.45, 7) is 8.91. The minimum absolute atomic E-state index is 0. The van der Waals surface area contributed by atoms with Gasteiger partial charge in [0.2, 0.25) is 0 Å². The summed E-state index contributed by atoms with van der Waals surface area (Å²) in [7, 11) is 3.91. The van der Waals surface area contributed by atoms with Gasteiger partial charge in [-0.1, -0.05) is 12.1 Å². The first-order chi connectivity index (χ1) is 14.2. The Morgan fingerprint density at radius 3 is 2.73 bits per heavy atom. The smallest absolute Gasteiger partial charge is 0.193 e. The number of benzene rings is 1. The van der Waals surface area contributed by atoms with E-state index in [1.807, 2.05) is 12.1 Å². The lowest BCUT2D eigenvalue weighted by Crippen LogP contribution is -2.40. The Hall–Kier alpha value is -1.22. The normalized spacial score (nSPS) is 20.0. The number of aliphatic imine (C=N–C) groups is 1. The summed E-state index contributed by atoms with van der Waals surface area (Å²) in [5, 5.41) is 3.47. The Labute approximate surface area is 199 Å². The second-order valence-corrected chi connectivity index (χ2v) is 8.23. The molecule has 0 amide bonds. The summed E-state index contributed by atoms with van der Waals surface area (Å²) in [6, 6.07) is 8.30. The third-order valence-corrected chi connectivity index (χ3v) is 6.12. The van der Waals surface area contributed by atoms with Crippen LogP contribution in [0.25, 0.3) is 0 Å². The van der Waals surface area contributed by atoms with Gasteiger partial charge in [0, 0.05) is 53.0 Å². The Kier molecular flexibility index (Phi) is 11.1. The Morgan fingerprint density at radius 1 is 1.23 bits per heavy atom. The molecule has 6 nitrogen and oxygen atoms in total. The average molecular weight is 530 g/mol. The van der Waals surface area contributed by atoms with E-state index in [4.69, 9.17) is 14.5 Å². The van der Waals surface area contributed by atoms with Gasteiger partial charge in [0.25, 0.3) is 0 Å². The quantitative estimate of drug-likeness (QED) is 0.315. The third-order valence-electron chi connectivity index (χ3n) is 6.12. The minimum Gasteiger partial charge on any atom is -0.495 e. The molecule has 30 heavy (non-hydrogen) atoms. The van der Waals surface area contributed by atoms with Gasteiger partial charge in [0.15, 0.2) is 5.96 Å². The third kappa shape index (κ3) is 7.18. The number of hydrogen-bond acceptors (Lipinski definition) is 4. The second-order valence-electron chi connectivity index (χ2n) is 8.23. The molecule has 0 spiro atoms.